The Balaban J connectivity index is 1.87. The molecule has 3 N–H and O–H groups in total. The van der Waals surface area contributed by atoms with Gasteiger partial charge >= 0.3 is 0 Å². The van der Waals surface area contributed by atoms with E-state index < -0.39 is 0 Å². The number of nitrogens with zero attached hydrogens (tertiary/aromatic N) is 1. The number of ketones is 1. The van der Waals surface area contributed by atoms with Crippen LogP contribution in [0.1, 0.15) is 36.0 Å². The Morgan fingerprint density at radius 2 is 2.24 bits per heavy atom. The number of anilines is 1. The molecule has 0 unspecified atom stereocenters. The lowest BCUT2D eigenvalue weighted by atomic mass is 9.91. The van der Waals surface area contributed by atoms with Crippen LogP contribution in [0.2, 0.25) is 0 Å². The summed E-state index contributed by atoms with van der Waals surface area (Å²) in [5.41, 5.74) is 6.87. The van der Waals surface area contributed by atoms with Gasteiger partial charge in [0, 0.05) is 24.5 Å². The van der Waals surface area contributed by atoms with Crippen molar-refractivity contribution in [1.82, 2.24) is 10.3 Å². The first-order chi connectivity index (χ1) is 8.27. The second-order valence-electron chi connectivity index (χ2n) is 4.62. The Labute approximate surface area is 102 Å². The monoisotopic (exact) mass is 233 g/mol. The molecule has 0 bridgehead atoms. The highest BCUT2D eigenvalue weighted by molar-refractivity contribution is 6.00. The number of pyridine rings is 1. The van der Waals surface area contributed by atoms with Crippen LogP contribution >= 0.6 is 0 Å². The second-order valence-corrected chi connectivity index (χ2v) is 4.62. The minimum atomic E-state index is 0.120. The van der Waals surface area contributed by atoms with Crippen LogP contribution in [0.5, 0.6) is 0 Å². The molecule has 1 fully saturated rings. The van der Waals surface area contributed by atoms with E-state index in [1.165, 1.54) is 12.8 Å². The number of aromatic nitrogens is 1. The van der Waals surface area contributed by atoms with Crippen molar-refractivity contribution in [2.24, 2.45) is 5.92 Å². The molecule has 17 heavy (non-hydrogen) atoms. The number of carbonyl (C=O) groups excluding carboxylic acids is 1. The molecule has 0 amide bonds. The summed E-state index contributed by atoms with van der Waals surface area (Å²) >= 11 is 0. The molecule has 4 heteroatoms. The molecular formula is C13H19N3O. The van der Waals surface area contributed by atoms with E-state index >= 15 is 0 Å². The molecule has 0 aliphatic carbocycles. The van der Waals surface area contributed by atoms with E-state index in [1.807, 2.05) is 0 Å². The van der Waals surface area contributed by atoms with Crippen LogP contribution in [0, 0.1) is 5.92 Å². The van der Waals surface area contributed by atoms with E-state index in [0.29, 0.717) is 23.6 Å². The van der Waals surface area contributed by atoms with Gasteiger partial charge in [-0.3, -0.25) is 9.78 Å². The number of nitrogen functional groups attached to an aromatic ring is 1. The summed E-state index contributed by atoms with van der Waals surface area (Å²) < 4.78 is 0. The zero-order valence-electron chi connectivity index (χ0n) is 9.98. The van der Waals surface area contributed by atoms with Gasteiger partial charge in [-0.15, -0.1) is 0 Å². The molecular weight excluding hydrogens is 214 g/mol. The van der Waals surface area contributed by atoms with Crippen LogP contribution < -0.4 is 11.1 Å². The van der Waals surface area contributed by atoms with Crippen molar-refractivity contribution >= 4 is 11.5 Å². The molecule has 1 aromatic heterocycles. The topological polar surface area (TPSA) is 68.0 Å². The fourth-order valence-corrected chi connectivity index (χ4v) is 2.28. The normalized spacial score (nSPS) is 16.9. The van der Waals surface area contributed by atoms with Gasteiger partial charge in [0.2, 0.25) is 0 Å². The molecule has 0 radical (unpaired) electrons. The molecule has 1 aliphatic heterocycles. The summed E-state index contributed by atoms with van der Waals surface area (Å²) in [4.78, 5) is 15.9. The minimum absolute atomic E-state index is 0.120. The summed E-state index contributed by atoms with van der Waals surface area (Å²) in [5.74, 6) is 0.798. The van der Waals surface area contributed by atoms with E-state index in [1.54, 1.807) is 18.5 Å². The first-order valence-corrected chi connectivity index (χ1v) is 6.21. The predicted octanol–water partition coefficient (Wildman–Crippen LogP) is 1.63. The highest BCUT2D eigenvalue weighted by atomic mass is 16.1. The van der Waals surface area contributed by atoms with Gasteiger partial charge < -0.3 is 11.1 Å². The van der Waals surface area contributed by atoms with Crippen LogP contribution in [0.25, 0.3) is 0 Å². The smallest absolute Gasteiger partial charge is 0.166 e. The molecule has 2 rings (SSSR count). The maximum atomic E-state index is 12.0. The zero-order valence-corrected chi connectivity index (χ0v) is 9.98. The quantitative estimate of drug-likeness (QED) is 0.775. The summed E-state index contributed by atoms with van der Waals surface area (Å²) in [6, 6.07) is 1.68. The van der Waals surface area contributed by atoms with Gasteiger partial charge in [-0.25, -0.2) is 0 Å². The Hall–Kier alpha value is -1.42. The fraction of sp³-hybridized carbons (Fsp3) is 0.538. The van der Waals surface area contributed by atoms with Crippen molar-refractivity contribution in [3.8, 4) is 0 Å². The van der Waals surface area contributed by atoms with Crippen LogP contribution in [0.3, 0.4) is 0 Å². The molecule has 1 aromatic rings. The van der Waals surface area contributed by atoms with Crippen molar-refractivity contribution in [1.29, 1.82) is 0 Å². The lowest BCUT2D eigenvalue weighted by Crippen LogP contribution is -2.28. The van der Waals surface area contributed by atoms with Crippen LogP contribution in [0.15, 0.2) is 18.5 Å². The zero-order chi connectivity index (χ0) is 12.1. The number of rotatable bonds is 4. The van der Waals surface area contributed by atoms with Gasteiger partial charge in [0.1, 0.15) is 0 Å². The Kier molecular flexibility index (Phi) is 4.09. The Bertz CT molecular complexity index is 386. The maximum absolute atomic E-state index is 12.0. The van der Waals surface area contributed by atoms with Crippen LogP contribution in [-0.2, 0) is 0 Å². The highest BCUT2D eigenvalue weighted by Gasteiger charge is 2.16. The van der Waals surface area contributed by atoms with Gasteiger partial charge in [-0.05, 0) is 44.3 Å². The van der Waals surface area contributed by atoms with Crippen molar-refractivity contribution in [3.63, 3.8) is 0 Å². The fourth-order valence-electron chi connectivity index (χ4n) is 2.28. The second kappa shape index (κ2) is 5.77. The van der Waals surface area contributed by atoms with E-state index in [0.717, 1.165) is 19.5 Å². The van der Waals surface area contributed by atoms with Gasteiger partial charge in [-0.1, -0.05) is 0 Å². The lowest BCUT2D eigenvalue weighted by molar-refractivity contribution is 0.0971. The van der Waals surface area contributed by atoms with Gasteiger partial charge in [0.05, 0.1) is 5.56 Å². The standard InChI is InChI=1S/C13H19N3O/c14-12-5-8-16-9-11(12)13(17)2-1-10-3-6-15-7-4-10/h5,8-10,15H,1-4,6-7H2,(H2,14,16). The van der Waals surface area contributed by atoms with Crippen molar-refractivity contribution in [2.45, 2.75) is 25.7 Å². The maximum Gasteiger partial charge on any atom is 0.166 e. The molecule has 4 nitrogen and oxygen atoms in total. The SMILES string of the molecule is Nc1ccncc1C(=O)CCC1CCNCC1. The van der Waals surface area contributed by atoms with E-state index in [4.69, 9.17) is 5.73 Å². The Morgan fingerprint density at radius 1 is 1.47 bits per heavy atom. The average molecular weight is 233 g/mol. The molecule has 0 aromatic carbocycles. The van der Waals surface area contributed by atoms with Gasteiger partial charge in [0.15, 0.2) is 5.78 Å². The summed E-state index contributed by atoms with van der Waals surface area (Å²) in [7, 11) is 0. The third-order valence-corrected chi connectivity index (χ3v) is 3.39. The Morgan fingerprint density at radius 3 is 2.94 bits per heavy atom. The molecule has 1 saturated heterocycles. The number of piperidine rings is 1. The molecule has 92 valence electrons. The van der Waals surface area contributed by atoms with Gasteiger partial charge in [-0.2, -0.15) is 0 Å². The predicted molar refractivity (Wildman–Crippen MR) is 67.8 cm³/mol. The number of hydrogen-bond donors (Lipinski definition) is 2. The third-order valence-electron chi connectivity index (χ3n) is 3.39. The largest absolute Gasteiger partial charge is 0.398 e. The van der Waals surface area contributed by atoms with Crippen molar-refractivity contribution in [3.05, 3.63) is 24.0 Å². The lowest BCUT2D eigenvalue weighted by Gasteiger charge is -2.22. The van der Waals surface area contributed by atoms with Crippen LogP contribution in [-0.4, -0.2) is 23.9 Å². The average Bonchev–Trinajstić information content (AvgIpc) is 2.38. The number of nitrogens with two attached hydrogens (primary N) is 1. The summed E-state index contributed by atoms with van der Waals surface area (Å²) in [6.45, 7) is 2.15. The molecule has 0 saturated carbocycles. The van der Waals surface area contributed by atoms with Crippen LogP contribution in [0.4, 0.5) is 5.69 Å². The first-order valence-electron chi connectivity index (χ1n) is 6.21. The molecule has 0 spiro atoms. The minimum Gasteiger partial charge on any atom is -0.398 e. The van der Waals surface area contributed by atoms with E-state index in [9.17, 15) is 4.79 Å². The van der Waals surface area contributed by atoms with E-state index in [2.05, 4.69) is 10.3 Å². The van der Waals surface area contributed by atoms with E-state index in [-0.39, 0.29) is 5.78 Å². The molecule has 2 heterocycles. The molecule has 1 aliphatic rings. The number of nitrogens with one attached hydrogen (secondary N) is 1. The summed E-state index contributed by atoms with van der Waals surface area (Å²) in [5, 5.41) is 3.33. The number of Topliss-reactive ketones (excluding diaryl/α,β-unsaturated/α-hetero) is 1. The molecule has 0 atom stereocenters. The highest BCUT2D eigenvalue weighted by Crippen LogP contribution is 2.20. The van der Waals surface area contributed by atoms with Crippen molar-refractivity contribution in [2.75, 3.05) is 18.8 Å². The summed E-state index contributed by atoms with van der Waals surface area (Å²) in [6.07, 6.45) is 7.08. The number of carbonyl (C=O) groups is 1. The number of hydrogen-bond acceptors (Lipinski definition) is 4. The first kappa shape index (κ1) is 12.0. The third kappa shape index (κ3) is 3.27. The van der Waals surface area contributed by atoms with Crippen molar-refractivity contribution < 1.29 is 4.79 Å². The van der Waals surface area contributed by atoms with Gasteiger partial charge in [0.25, 0.3) is 0 Å².